The first-order chi connectivity index (χ1) is 13.6. The van der Waals surface area contributed by atoms with Crippen molar-refractivity contribution in [3.63, 3.8) is 0 Å². The van der Waals surface area contributed by atoms with Crippen LogP contribution in [-0.4, -0.2) is 29.8 Å². The molecule has 2 heterocycles. The number of amides is 1. The fourth-order valence-electron chi connectivity index (χ4n) is 2.74. The lowest BCUT2D eigenvalue weighted by Crippen LogP contribution is -2.15. The number of methoxy groups -OCH3 is 1. The molecule has 0 saturated carbocycles. The van der Waals surface area contributed by atoms with Crippen molar-refractivity contribution in [2.75, 3.05) is 24.5 Å². The van der Waals surface area contributed by atoms with Crippen LogP contribution in [0.5, 0.6) is 17.2 Å². The van der Waals surface area contributed by atoms with Crippen LogP contribution in [-0.2, 0) is 0 Å². The SMILES string of the molecule is COc1cccc(Nc2nc(C)cc(C(=O)Nc3ccc4c(c3)OCO4)n2)c1. The van der Waals surface area contributed by atoms with Crippen LogP contribution in [0.3, 0.4) is 0 Å². The lowest BCUT2D eigenvalue weighted by atomic mass is 10.2. The topological polar surface area (TPSA) is 94.6 Å². The molecule has 0 radical (unpaired) electrons. The number of rotatable bonds is 5. The van der Waals surface area contributed by atoms with E-state index in [-0.39, 0.29) is 18.4 Å². The van der Waals surface area contributed by atoms with Crippen LogP contribution in [0.4, 0.5) is 17.3 Å². The van der Waals surface area contributed by atoms with E-state index in [2.05, 4.69) is 20.6 Å². The number of carbonyl (C=O) groups is 1. The van der Waals surface area contributed by atoms with E-state index in [0.29, 0.717) is 34.6 Å². The van der Waals surface area contributed by atoms with Crippen LogP contribution in [0.15, 0.2) is 48.5 Å². The Bertz CT molecular complexity index is 1040. The normalized spacial score (nSPS) is 11.8. The fraction of sp³-hybridized carbons (Fsp3) is 0.150. The minimum absolute atomic E-state index is 0.178. The van der Waals surface area contributed by atoms with Gasteiger partial charge in [0.2, 0.25) is 12.7 Å². The van der Waals surface area contributed by atoms with E-state index < -0.39 is 0 Å². The van der Waals surface area contributed by atoms with Gasteiger partial charge in [-0.3, -0.25) is 4.79 Å². The van der Waals surface area contributed by atoms with Gasteiger partial charge in [-0.25, -0.2) is 9.97 Å². The van der Waals surface area contributed by atoms with Crippen LogP contribution < -0.4 is 24.8 Å². The zero-order chi connectivity index (χ0) is 19.5. The summed E-state index contributed by atoms with van der Waals surface area (Å²) < 4.78 is 15.8. The zero-order valence-corrected chi connectivity index (χ0v) is 15.4. The summed E-state index contributed by atoms with van der Waals surface area (Å²) in [6, 6.07) is 14.2. The van der Waals surface area contributed by atoms with Gasteiger partial charge in [-0.05, 0) is 37.3 Å². The molecule has 2 aromatic carbocycles. The number of nitrogens with zero attached hydrogens (tertiary/aromatic N) is 2. The largest absolute Gasteiger partial charge is 0.497 e. The number of ether oxygens (including phenoxy) is 3. The summed E-state index contributed by atoms with van der Waals surface area (Å²) in [6.07, 6.45) is 0. The molecule has 8 nitrogen and oxygen atoms in total. The Morgan fingerprint density at radius 1 is 1.04 bits per heavy atom. The summed E-state index contributed by atoms with van der Waals surface area (Å²) in [5, 5.41) is 5.91. The molecule has 0 aliphatic carbocycles. The molecule has 28 heavy (non-hydrogen) atoms. The summed E-state index contributed by atoms with van der Waals surface area (Å²) in [5.74, 6) is 1.93. The number of nitrogens with one attached hydrogen (secondary N) is 2. The second-order valence-corrected chi connectivity index (χ2v) is 6.10. The van der Waals surface area contributed by atoms with Gasteiger partial charge in [0, 0.05) is 29.2 Å². The minimum Gasteiger partial charge on any atom is -0.497 e. The van der Waals surface area contributed by atoms with Crippen LogP contribution in [0, 0.1) is 6.92 Å². The van der Waals surface area contributed by atoms with Crippen molar-refractivity contribution in [1.82, 2.24) is 9.97 Å². The number of anilines is 3. The predicted octanol–water partition coefficient (Wildman–Crippen LogP) is 3.52. The zero-order valence-electron chi connectivity index (χ0n) is 15.4. The average molecular weight is 378 g/mol. The van der Waals surface area contributed by atoms with Gasteiger partial charge in [0.05, 0.1) is 7.11 Å². The van der Waals surface area contributed by atoms with Crippen molar-refractivity contribution in [3.05, 3.63) is 59.9 Å². The molecule has 2 N–H and O–H groups in total. The van der Waals surface area contributed by atoms with Gasteiger partial charge in [0.1, 0.15) is 11.4 Å². The third-order valence-electron chi connectivity index (χ3n) is 4.04. The van der Waals surface area contributed by atoms with E-state index >= 15 is 0 Å². The van der Waals surface area contributed by atoms with Crippen molar-refractivity contribution >= 4 is 23.2 Å². The van der Waals surface area contributed by atoms with Crippen molar-refractivity contribution in [1.29, 1.82) is 0 Å². The second kappa shape index (κ2) is 7.43. The molecule has 0 saturated heterocycles. The number of fused-ring (bicyclic) bond motifs is 1. The quantitative estimate of drug-likeness (QED) is 0.701. The van der Waals surface area contributed by atoms with Crippen molar-refractivity contribution in [3.8, 4) is 17.2 Å². The smallest absolute Gasteiger partial charge is 0.274 e. The maximum Gasteiger partial charge on any atom is 0.274 e. The predicted molar refractivity (Wildman–Crippen MR) is 104 cm³/mol. The molecule has 0 atom stereocenters. The van der Waals surface area contributed by atoms with Crippen LogP contribution in [0.2, 0.25) is 0 Å². The highest BCUT2D eigenvalue weighted by atomic mass is 16.7. The van der Waals surface area contributed by atoms with Crippen LogP contribution >= 0.6 is 0 Å². The molecule has 1 aliphatic heterocycles. The van der Waals surface area contributed by atoms with Gasteiger partial charge in [-0.1, -0.05) is 6.07 Å². The third-order valence-corrected chi connectivity index (χ3v) is 4.04. The molecule has 4 rings (SSSR count). The number of aromatic nitrogens is 2. The Kier molecular flexibility index (Phi) is 4.67. The number of carbonyl (C=O) groups excluding carboxylic acids is 1. The number of hydrogen-bond acceptors (Lipinski definition) is 7. The van der Waals surface area contributed by atoms with E-state index in [1.165, 1.54) is 0 Å². The lowest BCUT2D eigenvalue weighted by molar-refractivity contribution is 0.102. The monoisotopic (exact) mass is 378 g/mol. The van der Waals surface area contributed by atoms with Gasteiger partial charge in [-0.15, -0.1) is 0 Å². The molecule has 0 bridgehead atoms. The first-order valence-corrected chi connectivity index (χ1v) is 8.58. The van der Waals surface area contributed by atoms with Gasteiger partial charge in [-0.2, -0.15) is 0 Å². The molecule has 0 fully saturated rings. The average Bonchev–Trinajstić information content (AvgIpc) is 3.15. The summed E-state index contributed by atoms with van der Waals surface area (Å²) in [7, 11) is 1.60. The molecule has 0 spiro atoms. The van der Waals surface area contributed by atoms with E-state index in [4.69, 9.17) is 14.2 Å². The number of aryl methyl sites for hydroxylation is 1. The number of benzene rings is 2. The summed E-state index contributed by atoms with van der Waals surface area (Å²) in [4.78, 5) is 21.3. The Morgan fingerprint density at radius 2 is 1.89 bits per heavy atom. The highest BCUT2D eigenvalue weighted by molar-refractivity contribution is 6.03. The molecule has 8 heteroatoms. The van der Waals surface area contributed by atoms with Crippen molar-refractivity contribution in [2.45, 2.75) is 6.92 Å². The fourth-order valence-corrected chi connectivity index (χ4v) is 2.74. The van der Waals surface area contributed by atoms with E-state index in [0.717, 1.165) is 5.69 Å². The molecule has 3 aromatic rings. The molecule has 142 valence electrons. The van der Waals surface area contributed by atoms with E-state index in [1.807, 2.05) is 24.3 Å². The Hall–Kier alpha value is -3.81. The maximum absolute atomic E-state index is 12.7. The van der Waals surface area contributed by atoms with Gasteiger partial charge < -0.3 is 24.8 Å². The molecular weight excluding hydrogens is 360 g/mol. The highest BCUT2D eigenvalue weighted by Crippen LogP contribution is 2.34. The van der Waals surface area contributed by atoms with Crippen molar-refractivity contribution in [2.24, 2.45) is 0 Å². The van der Waals surface area contributed by atoms with Crippen LogP contribution in [0.25, 0.3) is 0 Å². The Labute approximate surface area is 161 Å². The van der Waals surface area contributed by atoms with Crippen LogP contribution in [0.1, 0.15) is 16.2 Å². The maximum atomic E-state index is 12.7. The third kappa shape index (κ3) is 3.80. The number of hydrogen-bond donors (Lipinski definition) is 2. The molecule has 1 aromatic heterocycles. The molecule has 0 unspecified atom stereocenters. The molecular formula is C20H18N4O4. The van der Waals surface area contributed by atoms with Gasteiger partial charge in [0.25, 0.3) is 5.91 Å². The first kappa shape index (κ1) is 17.6. The first-order valence-electron chi connectivity index (χ1n) is 8.58. The summed E-state index contributed by atoms with van der Waals surface area (Å²) in [5.41, 5.74) is 2.26. The summed E-state index contributed by atoms with van der Waals surface area (Å²) in [6.45, 7) is 1.98. The minimum atomic E-state index is -0.349. The second-order valence-electron chi connectivity index (χ2n) is 6.10. The lowest BCUT2D eigenvalue weighted by Gasteiger charge is -2.10. The van der Waals surface area contributed by atoms with Crippen molar-refractivity contribution < 1.29 is 19.0 Å². The Balaban J connectivity index is 1.53. The highest BCUT2D eigenvalue weighted by Gasteiger charge is 2.16. The van der Waals surface area contributed by atoms with E-state index in [9.17, 15) is 4.79 Å². The van der Waals surface area contributed by atoms with Gasteiger partial charge in [0.15, 0.2) is 11.5 Å². The van der Waals surface area contributed by atoms with E-state index in [1.54, 1.807) is 38.3 Å². The molecule has 1 amide bonds. The standard InChI is InChI=1S/C20H18N4O4/c1-12-8-16(19(25)22-14-6-7-17-18(10-14)28-11-27-17)24-20(21-12)23-13-4-3-5-15(9-13)26-2/h3-10H,11H2,1-2H3,(H,22,25)(H,21,23,24). The van der Waals surface area contributed by atoms with Gasteiger partial charge >= 0.3 is 0 Å². The Morgan fingerprint density at radius 3 is 2.75 bits per heavy atom. The summed E-state index contributed by atoms with van der Waals surface area (Å²) >= 11 is 0. The molecule has 1 aliphatic rings.